The van der Waals surface area contributed by atoms with Crippen molar-refractivity contribution in [2.75, 3.05) is 26.2 Å². The molecule has 1 N–H and O–H groups in total. The van der Waals surface area contributed by atoms with Crippen molar-refractivity contribution in [3.05, 3.63) is 81.4 Å². The second-order valence-electron chi connectivity index (χ2n) is 11.1. The summed E-state index contributed by atoms with van der Waals surface area (Å²) in [6, 6.07) is 8.79. The lowest BCUT2D eigenvalue weighted by Gasteiger charge is -2.52. The van der Waals surface area contributed by atoms with E-state index < -0.39 is 0 Å². The van der Waals surface area contributed by atoms with Gasteiger partial charge in [-0.1, -0.05) is 24.3 Å². The van der Waals surface area contributed by atoms with Gasteiger partial charge in [0, 0.05) is 35.6 Å². The molecule has 2 fully saturated rings. The zero-order valence-electron chi connectivity index (χ0n) is 22.2. The molecule has 38 heavy (non-hydrogen) atoms. The Bertz CT molecular complexity index is 1480. The number of rotatable bonds is 5. The first kappa shape index (κ1) is 23.9. The molecule has 0 radical (unpaired) electrons. The predicted molar refractivity (Wildman–Crippen MR) is 148 cm³/mol. The van der Waals surface area contributed by atoms with E-state index in [1.807, 2.05) is 6.92 Å². The van der Waals surface area contributed by atoms with Gasteiger partial charge in [-0.15, -0.1) is 21.5 Å². The molecule has 1 aromatic carbocycles. The Morgan fingerprint density at radius 3 is 2.61 bits per heavy atom. The lowest BCUT2D eigenvalue weighted by molar-refractivity contribution is -0.0282. The second-order valence-corrected chi connectivity index (χ2v) is 12.3. The maximum Gasteiger partial charge on any atom is 0.196 e. The first-order valence-corrected chi connectivity index (χ1v) is 14.3. The maximum atomic E-state index is 5.61. The quantitative estimate of drug-likeness (QED) is 0.410. The van der Waals surface area contributed by atoms with E-state index in [2.05, 4.69) is 68.1 Å². The van der Waals surface area contributed by atoms with Crippen molar-refractivity contribution < 1.29 is 4.42 Å². The van der Waals surface area contributed by atoms with E-state index >= 15 is 0 Å². The largest absolute Gasteiger partial charge is 0.449 e. The number of fused-ring (bicyclic) bond motifs is 3. The molecule has 0 amide bonds. The molecule has 3 aliphatic rings. The minimum Gasteiger partial charge on any atom is -0.449 e. The number of nitrogens with zero attached hydrogens (tertiary/aromatic N) is 6. The van der Waals surface area contributed by atoms with Crippen molar-refractivity contribution in [3.8, 4) is 5.00 Å². The number of hydrogen-bond donors (Lipinski definition) is 1. The van der Waals surface area contributed by atoms with Crippen LogP contribution >= 0.6 is 11.3 Å². The number of aromatic nitrogens is 4. The molecule has 3 aliphatic heterocycles. The van der Waals surface area contributed by atoms with Gasteiger partial charge in [0.1, 0.15) is 23.1 Å². The van der Waals surface area contributed by atoms with Gasteiger partial charge in [0.15, 0.2) is 11.7 Å². The summed E-state index contributed by atoms with van der Waals surface area (Å²) in [6.07, 6.45) is 6.45. The molecule has 0 saturated carbocycles. The first-order chi connectivity index (χ1) is 18.5. The molecule has 4 aromatic rings. The summed E-state index contributed by atoms with van der Waals surface area (Å²) in [5, 5.41) is 13.7. The zero-order chi connectivity index (χ0) is 25.9. The van der Waals surface area contributed by atoms with Crippen molar-refractivity contribution in [1.29, 1.82) is 0 Å². The van der Waals surface area contributed by atoms with E-state index in [0.29, 0.717) is 17.7 Å². The van der Waals surface area contributed by atoms with Gasteiger partial charge in [-0.25, -0.2) is 4.98 Å². The smallest absolute Gasteiger partial charge is 0.196 e. The number of piperidine rings is 1. The standard InChI is InChI=1S/C29H33N7OS/c1-18-19(2)38-28-25(18)26(32-23(14-24-31-12-13-37-24)27-34-33-20(3)36(27)28)22-6-4-21(5-7-22)15-35-16-29(17-35)8-10-30-11-9-29/h4-7,12-13,23,30H,8-11,14-17H2,1-3H3. The molecule has 196 valence electrons. The molecular formula is C29H33N7OS. The van der Waals surface area contributed by atoms with Gasteiger partial charge >= 0.3 is 0 Å². The summed E-state index contributed by atoms with van der Waals surface area (Å²) in [5.41, 5.74) is 6.48. The molecule has 9 heteroatoms. The first-order valence-electron chi connectivity index (χ1n) is 13.5. The Kier molecular flexibility index (Phi) is 5.83. The van der Waals surface area contributed by atoms with Crippen molar-refractivity contribution >= 4 is 17.0 Å². The van der Waals surface area contributed by atoms with Gasteiger partial charge in [0.2, 0.25) is 0 Å². The van der Waals surface area contributed by atoms with Crippen molar-refractivity contribution in [1.82, 2.24) is 30.0 Å². The van der Waals surface area contributed by atoms with Crippen molar-refractivity contribution in [2.45, 2.75) is 52.6 Å². The highest BCUT2D eigenvalue weighted by Gasteiger charge is 2.43. The minimum atomic E-state index is -0.244. The Balaban J connectivity index is 1.22. The molecule has 6 heterocycles. The zero-order valence-corrected chi connectivity index (χ0v) is 23.0. The van der Waals surface area contributed by atoms with E-state index in [1.54, 1.807) is 23.8 Å². The number of nitrogens with one attached hydrogen (secondary N) is 1. The van der Waals surface area contributed by atoms with Crippen LogP contribution in [0.1, 0.15) is 63.6 Å². The van der Waals surface area contributed by atoms with Gasteiger partial charge < -0.3 is 9.73 Å². The molecule has 1 spiro atoms. The lowest BCUT2D eigenvalue weighted by atomic mass is 9.72. The van der Waals surface area contributed by atoms with Crippen LogP contribution in [0, 0.1) is 26.2 Å². The SMILES string of the molecule is Cc1sc2c(c1C)C(c1ccc(CN3CC4(CCNCC4)C3)cc1)=NC(Cc1ncco1)c1nnc(C)n1-2. The number of oxazole rings is 1. The highest BCUT2D eigenvalue weighted by atomic mass is 32.1. The number of thiophene rings is 1. The van der Waals surface area contributed by atoms with Gasteiger partial charge in [-0.2, -0.15) is 0 Å². The van der Waals surface area contributed by atoms with Gasteiger partial charge in [-0.05, 0) is 63.2 Å². The van der Waals surface area contributed by atoms with Gasteiger partial charge in [-0.3, -0.25) is 14.5 Å². The average molecular weight is 528 g/mol. The fourth-order valence-electron chi connectivity index (χ4n) is 6.36. The monoisotopic (exact) mass is 527 g/mol. The molecule has 7 rings (SSSR count). The topological polar surface area (TPSA) is 84.4 Å². The van der Waals surface area contributed by atoms with E-state index in [9.17, 15) is 0 Å². The van der Waals surface area contributed by atoms with E-state index in [0.717, 1.165) is 34.5 Å². The highest BCUT2D eigenvalue weighted by Crippen LogP contribution is 2.41. The van der Waals surface area contributed by atoms with Crippen molar-refractivity contribution in [3.63, 3.8) is 0 Å². The van der Waals surface area contributed by atoms with E-state index in [4.69, 9.17) is 9.41 Å². The molecule has 1 atom stereocenters. The van der Waals surface area contributed by atoms with Crippen LogP contribution in [0.4, 0.5) is 0 Å². The summed E-state index contributed by atoms with van der Waals surface area (Å²) in [5.74, 6) is 2.35. The number of aryl methyl sites for hydroxylation is 2. The van der Waals surface area contributed by atoms with Crippen LogP contribution in [0.3, 0.4) is 0 Å². The fourth-order valence-corrected chi connectivity index (χ4v) is 7.57. The Morgan fingerprint density at radius 1 is 1.08 bits per heavy atom. The molecule has 2 saturated heterocycles. The summed E-state index contributed by atoms with van der Waals surface area (Å²) < 4.78 is 7.79. The Morgan fingerprint density at radius 2 is 1.87 bits per heavy atom. The summed E-state index contributed by atoms with van der Waals surface area (Å²) >= 11 is 1.78. The van der Waals surface area contributed by atoms with Crippen LogP contribution in [-0.4, -0.2) is 56.5 Å². The molecule has 1 unspecified atom stereocenters. The highest BCUT2D eigenvalue weighted by molar-refractivity contribution is 7.15. The Hall–Kier alpha value is -3.14. The van der Waals surface area contributed by atoms with Crippen LogP contribution in [0.25, 0.3) is 5.00 Å². The van der Waals surface area contributed by atoms with E-state index in [-0.39, 0.29) is 6.04 Å². The minimum absolute atomic E-state index is 0.244. The van der Waals surface area contributed by atoms with Crippen LogP contribution in [0.15, 0.2) is 46.1 Å². The third kappa shape index (κ3) is 4.04. The van der Waals surface area contributed by atoms with Crippen LogP contribution < -0.4 is 5.32 Å². The van der Waals surface area contributed by atoms with Crippen LogP contribution in [0.5, 0.6) is 0 Å². The van der Waals surface area contributed by atoms with Crippen LogP contribution in [0.2, 0.25) is 0 Å². The molecule has 0 bridgehead atoms. The second kappa shape index (κ2) is 9.25. The molecular weight excluding hydrogens is 494 g/mol. The number of benzene rings is 1. The molecule has 0 aliphatic carbocycles. The average Bonchev–Trinajstić information content (AvgIpc) is 3.60. The number of likely N-dealkylation sites (tertiary alicyclic amines) is 1. The summed E-state index contributed by atoms with van der Waals surface area (Å²) in [7, 11) is 0. The van der Waals surface area contributed by atoms with Crippen LogP contribution in [-0.2, 0) is 13.0 Å². The maximum absolute atomic E-state index is 5.61. The molecule has 3 aromatic heterocycles. The Labute approximate surface area is 226 Å². The number of aliphatic imine (C=N–C) groups is 1. The summed E-state index contributed by atoms with van der Waals surface area (Å²) in [6.45, 7) is 12.2. The normalized spacial score (nSPS) is 20.5. The fraction of sp³-hybridized carbons (Fsp3) is 0.448. The van der Waals surface area contributed by atoms with Crippen molar-refractivity contribution in [2.24, 2.45) is 10.4 Å². The van der Waals surface area contributed by atoms with Gasteiger partial charge in [0.25, 0.3) is 0 Å². The van der Waals surface area contributed by atoms with Gasteiger partial charge in [0.05, 0.1) is 18.3 Å². The number of hydrogen-bond acceptors (Lipinski definition) is 8. The summed E-state index contributed by atoms with van der Waals surface area (Å²) in [4.78, 5) is 13.6. The van der Waals surface area contributed by atoms with E-state index in [1.165, 1.54) is 60.6 Å². The molecule has 8 nitrogen and oxygen atoms in total. The predicted octanol–water partition coefficient (Wildman–Crippen LogP) is 4.56. The lowest BCUT2D eigenvalue weighted by Crippen LogP contribution is -2.59. The third-order valence-corrected chi connectivity index (χ3v) is 9.70. The third-order valence-electron chi connectivity index (χ3n) is 8.51.